The Morgan fingerprint density at radius 3 is 1.57 bits per heavy atom. The second-order valence-electron chi connectivity index (χ2n) is 15.5. The lowest BCUT2D eigenvalue weighted by Crippen LogP contribution is -2.18. The van der Waals surface area contributed by atoms with E-state index in [0.717, 1.165) is 77.5 Å². The van der Waals surface area contributed by atoms with Gasteiger partial charge in [0.2, 0.25) is 0 Å². The summed E-state index contributed by atoms with van der Waals surface area (Å²) in [4.78, 5) is 23.1. The average molecular weight is 757 g/mol. The van der Waals surface area contributed by atoms with Gasteiger partial charge >= 0.3 is 11.9 Å². The molecule has 1 aliphatic rings. The molecule has 4 heterocycles. The van der Waals surface area contributed by atoms with Gasteiger partial charge in [-0.25, -0.2) is 8.78 Å². The number of hydrogen-bond acceptors (Lipinski definition) is 4. The number of carbonyl (C=O) groups is 2. The van der Waals surface area contributed by atoms with Gasteiger partial charge in [-0.05, 0) is 121 Å². The predicted octanol–water partition coefficient (Wildman–Crippen LogP) is 9.96. The summed E-state index contributed by atoms with van der Waals surface area (Å²) in [6.07, 6.45) is 5.95. The molecule has 0 bridgehead atoms. The highest BCUT2D eigenvalue weighted by Crippen LogP contribution is 2.51. The number of fused-ring (bicyclic) bond motifs is 4. The van der Waals surface area contributed by atoms with Gasteiger partial charge in [-0.3, -0.25) is 19.8 Å². The van der Waals surface area contributed by atoms with Crippen LogP contribution in [0.4, 0.5) is 8.78 Å². The molecular formula is C44H42F2N6O4. The number of aromatic amines is 2. The van der Waals surface area contributed by atoms with Crippen LogP contribution in [0.3, 0.4) is 0 Å². The number of aromatic nitrogens is 6. The van der Waals surface area contributed by atoms with E-state index in [1.54, 1.807) is 36.7 Å². The maximum Gasteiger partial charge on any atom is 0.309 e. The summed E-state index contributed by atoms with van der Waals surface area (Å²) >= 11 is 0. The van der Waals surface area contributed by atoms with E-state index in [4.69, 9.17) is 0 Å². The quantitative estimate of drug-likeness (QED) is 0.109. The van der Waals surface area contributed by atoms with Crippen LogP contribution in [0, 0.1) is 17.0 Å². The van der Waals surface area contributed by atoms with Crippen LogP contribution >= 0.6 is 0 Å². The van der Waals surface area contributed by atoms with Crippen molar-refractivity contribution in [1.82, 2.24) is 29.5 Å². The van der Waals surface area contributed by atoms with Gasteiger partial charge in [-0.15, -0.1) is 0 Å². The summed E-state index contributed by atoms with van der Waals surface area (Å²) < 4.78 is 31.3. The van der Waals surface area contributed by atoms with Gasteiger partial charge in [-0.1, -0.05) is 27.7 Å². The Morgan fingerprint density at radius 1 is 0.714 bits per heavy atom. The van der Waals surface area contributed by atoms with Gasteiger partial charge in [-0.2, -0.15) is 10.2 Å². The molecule has 9 rings (SSSR count). The van der Waals surface area contributed by atoms with E-state index < -0.39 is 17.4 Å². The Kier molecular flexibility index (Phi) is 9.22. The lowest BCUT2D eigenvalue weighted by Gasteiger charge is -2.17. The van der Waals surface area contributed by atoms with Gasteiger partial charge < -0.3 is 19.3 Å². The van der Waals surface area contributed by atoms with Crippen molar-refractivity contribution in [2.24, 2.45) is 5.41 Å². The van der Waals surface area contributed by atoms with E-state index >= 15 is 0 Å². The van der Waals surface area contributed by atoms with Gasteiger partial charge in [0, 0.05) is 50.7 Å². The van der Waals surface area contributed by atoms with Crippen LogP contribution in [-0.4, -0.2) is 51.7 Å². The number of nitrogens with one attached hydrogen (secondary N) is 2. The Bertz CT molecular complexity index is 2770. The Morgan fingerprint density at radius 2 is 1.16 bits per heavy atom. The number of hydrogen-bond donors (Lipinski definition) is 4. The summed E-state index contributed by atoms with van der Waals surface area (Å²) in [5.41, 5.74) is 9.07. The van der Waals surface area contributed by atoms with Crippen LogP contribution in [0.25, 0.3) is 55.0 Å². The molecule has 0 atom stereocenters. The predicted molar refractivity (Wildman–Crippen MR) is 213 cm³/mol. The van der Waals surface area contributed by atoms with Gasteiger partial charge in [0.1, 0.15) is 11.6 Å². The van der Waals surface area contributed by atoms with Crippen molar-refractivity contribution in [3.63, 3.8) is 0 Å². The molecule has 4 aromatic heterocycles. The highest BCUT2D eigenvalue weighted by Gasteiger charge is 2.51. The summed E-state index contributed by atoms with van der Waals surface area (Å²) in [7, 11) is 0. The molecule has 4 N–H and O–H groups in total. The highest BCUT2D eigenvalue weighted by molar-refractivity contribution is 6.00. The molecule has 8 aromatic rings. The molecule has 0 saturated heterocycles. The van der Waals surface area contributed by atoms with Crippen molar-refractivity contribution in [2.75, 3.05) is 0 Å². The van der Waals surface area contributed by atoms with Crippen LogP contribution in [-0.2, 0) is 22.4 Å². The number of benzene rings is 4. The number of rotatable bonds is 10. The van der Waals surface area contributed by atoms with E-state index in [9.17, 15) is 28.6 Å². The van der Waals surface area contributed by atoms with Crippen molar-refractivity contribution in [3.05, 3.63) is 119 Å². The molecule has 0 unspecified atom stereocenters. The zero-order chi connectivity index (χ0) is 39.5. The van der Waals surface area contributed by atoms with Crippen molar-refractivity contribution >= 4 is 55.6 Å². The molecule has 0 spiro atoms. The lowest BCUT2D eigenvalue weighted by molar-refractivity contribution is -0.143. The molecule has 56 heavy (non-hydrogen) atoms. The largest absolute Gasteiger partial charge is 0.481 e. The minimum atomic E-state index is -0.824. The summed E-state index contributed by atoms with van der Waals surface area (Å²) in [5, 5.41) is 37.2. The summed E-state index contributed by atoms with van der Waals surface area (Å²) in [6, 6.07) is 21.1. The normalized spacial score (nSPS) is 13.6. The zero-order valence-electron chi connectivity index (χ0n) is 31.5. The number of nitrogens with zero attached hydrogens (tertiary/aromatic N) is 4. The molecule has 10 nitrogen and oxygen atoms in total. The molecule has 0 radical (unpaired) electrons. The number of halogens is 2. The molecule has 4 aromatic carbocycles. The van der Waals surface area contributed by atoms with Crippen molar-refractivity contribution in [1.29, 1.82) is 0 Å². The number of aryl methyl sites for hydroxylation is 1. The van der Waals surface area contributed by atoms with E-state index in [1.165, 1.54) is 24.3 Å². The fourth-order valence-corrected chi connectivity index (χ4v) is 8.20. The first-order valence-corrected chi connectivity index (χ1v) is 18.8. The summed E-state index contributed by atoms with van der Waals surface area (Å²) in [6.45, 7) is 8.41. The van der Waals surface area contributed by atoms with E-state index in [1.807, 2.05) is 12.1 Å². The number of carboxylic acids is 2. The van der Waals surface area contributed by atoms with Crippen molar-refractivity contribution in [3.8, 4) is 11.4 Å². The fourth-order valence-electron chi connectivity index (χ4n) is 8.20. The molecule has 0 amide bonds. The van der Waals surface area contributed by atoms with Crippen LogP contribution in [0.5, 0.6) is 0 Å². The Hall–Kier alpha value is -6.30. The zero-order valence-corrected chi connectivity index (χ0v) is 31.5. The molecule has 1 fully saturated rings. The molecule has 1 aliphatic carbocycles. The first-order valence-electron chi connectivity index (χ1n) is 18.8. The highest BCUT2D eigenvalue weighted by atomic mass is 19.1. The second-order valence-corrected chi connectivity index (χ2v) is 15.5. The third kappa shape index (κ3) is 6.48. The molecular weight excluding hydrogens is 715 g/mol. The van der Waals surface area contributed by atoms with Crippen LogP contribution in [0.1, 0.15) is 81.3 Å². The Labute approximate surface area is 320 Å². The number of carboxylic acid groups (broad SMARTS) is 2. The van der Waals surface area contributed by atoms with Crippen LogP contribution < -0.4 is 0 Å². The third-order valence-corrected chi connectivity index (χ3v) is 11.0. The lowest BCUT2D eigenvalue weighted by atomic mass is 9.91. The first-order chi connectivity index (χ1) is 26.8. The van der Waals surface area contributed by atoms with Gasteiger partial charge in [0.25, 0.3) is 0 Å². The third-order valence-electron chi connectivity index (χ3n) is 11.0. The average Bonchev–Trinajstić information content (AvgIpc) is 3.45. The standard InChI is InChI=1S/C23H22FN3O2.C21H20FN3O2/c1-13(2)21-18(11-23(7-8-23)22(28)29)17-10-19-14(12-25-26-19)9-20(17)27(21)16-5-3-15(24)4-6-16;1-12(2)21-16(7-8-20(26)27)17-10-18-13(11-23-24-18)9-19(17)25(21)15-5-3-14(22)4-6-15/h3-6,9-10,12-13H,7-8,11H2,1-2H3,(H,25,26)(H,28,29);3-6,9-12H,7-8H2,1-2H3,(H,23,24)(H,26,27). The minimum Gasteiger partial charge on any atom is -0.481 e. The van der Waals surface area contributed by atoms with E-state index in [0.29, 0.717) is 25.7 Å². The maximum absolute atomic E-state index is 13.6. The molecule has 286 valence electrons. The monoisotopic (exact) mass is 756 g/mol. The number of aliphatic carboxylic acids is 2. The molecule has 12 heteroatoms. The van der Waals surface area contributed by atoms with E-state index in [-0.39, 0.29) is 29.9 Å². The fraction of sp³-hybridized carbons (Fsp3) is 0.273. The van der Waals surface area contributed by atoms with Crippen molar-refractivity contribution in [2.45, 2.75) is 71.6 Å². The minimum absolute atomic E-state index is 0.0588. The van der Waals surface area contributed by atoms with Crippen molar-refractivity contribution < 1.29 is 28.6 Å². The van der Waals surface area contributed by atoms with Crippen LogP contribution in [0.2, 0.25) is 0 Å². The number of H-pyrrole nitrogens is 2. The smallest absolute Gasteiger partial charge is 0.309 e. The van der Waals surface area contributed by atoms with E-state index in [2.05, 4.69) is 69.4 Å². The maximum atomic E-state index is 13.6. The Balaban J connectivity index is 0.000000158. The molecule has 0 aliphatic heterocycles. The van der Waals surface area contributed by atoms with Crippen LogP contribution in [0.15, 0.2) is 85.2 Å². The topological polar surface area (TPSA) is 142 Å². The first kappa shape index (κ1) is 36.7. The molecule has 1 saturated carbocycles. The van der Waals surface area contributed by atoms with Gasteiger partial charge in [0.15, 0.2) is 0 Å². The summed E-state index contributed by atoms with van der Waals surface area (Å²) in [5.74, 6) is -1.78. The second kappa shape index (κ2) is 14.1. The van der Waals surface area contributed by atoms with Gasteiger partial charge in [0.05, 0.1) is 39.9 Å². The SMILES string of the molecule is CC(C)c1c(CC2(C(=O)O)CC2)c2cc3[nH]ncc3cc2n1-c1ccc(F)cc1.CC(C)c1c(CCC(=O)O)c2cc3[nH]ncc3cc2n1-c1ccc(F)cc1.